The molecule has 0 unspecified atom stereocenters. The number of carbonyl (C=O) groups excluding carboxylic acids is 2. The first-order valence-electron chi connectivity index (χ1n) is 11.3. The molecule has 5 heteroatoms. The predicted molar refractivity (Wildman–Crippen MR) is 132 cm³/mol. The average molecular weight is 441 g/mol. The van der Waals surface area contributed by atoms with Crippen LogP contribution in [0.4, 0.5) is 5.69 Å². The lowest BCUT2D eigenvalue weighted by Gasteiger charge is -2.27. The summed E-state index contributed by atoms with van der Waals surface area (Å²) in [6.45, 7) is 1.52. The van der Waals surface area contributed by atoms with Crippen molar-refractivity contribution in [3.8, 4) is 5.75 Å². The van der Waals surface area contributed by atoms with Crippen LogP contribution in [0.5, 0.6) is 5.75 Å². The second-order valence-corrected chi connectivity index (χ2v) is 8.05. The molecule has 0 atom stereocenters. The maximum absolute atomic E-state index is 13.5. The fraction of sp³-hybridized carbons (Fsp3) is 0.214. The topological polar surface area (TPSA) is 58.6 Å². The Balaban J connectivity index is 1.64. The number of hydrogen-bond donors (Lipinski definition) is 1. The summed E-state index contributed by atoms with van der Waals surface area (Å²) in [6, 6.07) is 24.3. The normalized spacial score (nSPS) is 14.0. The molecule has 1 heterocycles. The highest BCUT2D eigenvalue weighted by Gasteiger charge is 2.22. The van der Waals surface area contributed by atoms with Crippen molar-refractivity contribution in [2.45, 2.75) is 19.3 Å². The van der Waals surface area contributed by atoms with Crippen molar-refractivity contribution >= 4 is 29.2 Å². The Morgan fingerprint density at radius 2 is 1.52 bits per heavy atom. The zero-order valence-electron chi connectivity index (χ0n) is 18.8. The van der Waals surface area contributed by atoms with Crippen LogP contribution in [0.3, 0.4) is 0 Å². The number of nitrogens with one attached hydrogen (secondary N) is 1. The zero-order chi connectivity index (χ0) is 23.0. The Morgan fingerprint density at radius 1 is 0.848 bits per heavy atom. The van der Waals surface area contributed by atoms with Crippen molar-refractivity contribution in [2.75, 3.05) is 25.5 Å². The van der Waals surface area contributed by atoms with Crippen molar-refractivity contribution in [3.05, 3.63) is 95.6 Å². The summed E-state index contributed by atoms with van der Waals surface area (Å²) in [6.07, 6.45) is 5.03. The van der Waals surface area contributed by atoms with Crippen molar-refractivity contribution in [2.24, 2.45) is 0 Å². The van der Waals surface area contributed by atoms with E-state index in [-0.39, 0.29) is 11.8 Å². The maximum Gasteiger partial charge on any atom is 0.256 e. The second kappa shape index (κ2) is 10.6. The predicted octanol–water partition coefficient (Wildman–Crippen LogP) is 5.50. The van der Waals surface area contributed by atoms with Crippen LogP contribution in [0.25, 0.3) is 11.6 Å². The fourth-order valence-electron chi connectivity index (χ4n) is 4.00. The first kappa shape index (κ1) is 22.3. The Bertz CT molecular complexity index is 1130. The van der Waals surface area contributed by atoms with Crippen LogP contribution in [0, 0.1) is 0 Å². The SMILES string of the molecule is COc1ccc(/C=C(/C(=O)Nc2ccccc2C(=O)N2CCCCC2)c2ccccc2)cc1. The van der Waals surface area contributed by atoms with Gasteiger partial charge in [0, 0.05) is 18.7 Å². The number of benzene rings is 3. The van der Waals surface area contributed by atoms with E-state index in [1.165, 1.54) is 0 Å². The van der Waals surface area contributed by atoms with E-state index in [0.29, 0.717) is 16.8 Å². The number of ether oxygens (including phenoxy) is 1. The molecule has 4 rings (SSSR count). The standard InChI is InChI=1S/C28H28N2O3/c1-33-23-16-14-21(15-17-23)20-25(22-10-4-2-5-11-22)27(31)29-26-13-7-6-12-24(26)28(32)30-18-8-3-9-19-30/h2,4-7,10-17,20H,3,8-9,18-19H2,1H3,(H,29,31)/b25-20+. The second-order valence-electron chi connectivity index (χ2n) is 8.05. The fourth-order valence-corrected chi connectivity index (χ4v) is 4.00. The molecule has 5 nitrogen and oxygen atoms in total. The monoisotopic (exact) mass is 440 g/mol. The number of likely N-dealkylation sites (tertiary alicyclic amines) is 1. The molecule has 0 bridgehead atoms. The summed E-state index contributed by atoms with van der Waals surface area (Å²) in [5.41, 5.74) is 3.23. The van der Waals surface area contributed by atoms with E-state index in [2.05, 4.69) is 5.32 Å². The molecule has 1 fully saturated rings. The summed E-state index contributed by atoms with van der Waals surface area (Å²) < 4.78 is 5.23. The smallest absolute Gasteiger partial charge is 0.256 e. The van der Waals surface area contributed by atoms with Gasteiger partial charge < -0.3 is 15.0 Å². The van der Waals surface area contributed by atoms with Gasteiger partial charge in [-0.05, 0) is 60.7 Å². The van der Waals surface area contributed by atoms with Crippen molar-refractivity contribution in [1.29, 1.82) is 0 Å². The van der Waals surface area contributed by atoms with Gasteiger partial charge in [-0.2, -0.15) is 0 Å². The van der Waals surface area contributed by atoms with Gasteiger partial charge in [0.2, 0.25) is 0 Å². The van der Waals surface area contributed by atoms with E-state index < -0.39 is 0 Å². The Kier molecular flexibility index (Phi) is 7.20. The molecule has 1 N–H and O–H groups in total. The van der Waals surface area contributed by atoms with E-state index in [9.17, 15) is 9.59 Å². The number of rotatable bonds is 6. The lowest BCUT2D eigenvalue weighted by molar-refractivity contribution is -0.111. The van der Waals surface area contributed by atoms with Gasteiger partial charge in [-0.25, -0.2) is 0 Å². The highest BCUT2D eigenvalue weighted by Crippen LogP contribution is 2.25. The Morgan fingerprint density at radius 3 is 2.21 bits per heavy atom. The number of anilines is 1. The molecule has 1 aliphatic rings. The Hall–Kier alpha value is -3.86. The third kappa shape index (κ3) is 5.50. The summed E-state index contributed by atoms with van der Waals surface area (Å²) in [7, 11) is 1.62. The van der Waals surface area contributed by atoms with Crippen molar-refractivity contribution in [1.82, 2.24) is 4.90 Å². The van der Waals surface area contributed by atoms with Crippen LogP contribution in [0.2, 0.25) is 0 Å². The van der Waals surface area contributed by atoms with Crippen LogP contribution < -0.4 is 10.1 Å². The number of amides is 2. The molecule has 1 aliphatic heterocycles. The van der Waals surface area contributed by atoms with Crippen LogP contribution in [-0.4, -0.2) is 36.9 Å². The number of piperidine rings is 1. The minimum absolute atomic E-state index is 0.0361. The zero-order valence-corrected chi connectivity index (χ0v) is 18.8. The molecule has 3 aromatic rings. The molecule has 0 spiro atoms. The summed E-state index contributed by atoms with van der Waals surface area (Å²) in [5.74, 6) is 0.449. The highest BCUT2D eigenvalue weighted by atomic mass is 16.5. The molecule has 0 radical (unpaired) electrons. The molecule has 0 saturated carbocycles. The van der Waals surface area contributed by atoms with Crippen LogP contribution in [0.15, 0.2) is 78.9 Å². The third-order valence-corrected chi connectivity index (χ3v) is 5.81. The van der Waals surface area contributed by atoms with Crippen LogP contribution in [0.1, 0.15) is 40.7 Å². The van der Waals surface area contributed by atoms with Crippen molar-refractivity contribution in [3.63, 3.8) is 0 Å². The molecule has 3 aromatic carbocycles. The number of carbonyl (C=O) groups is 2. The molecular formula is C28H28N2O3. The molecule has 0 aromatic heterocycles. The van der Waals surface area contributed by atoms with E-state index >= 15 is 0 Å². The van der Waals surface area contributed by atoms with Crippen molar-refractivity contribution < 1.29 is 14.3 Å². The summed E-state index contributed by atoms with van der Waals surface area (Å²) in [4.78, 5) is 28.5. The van der Waals surface area contributed by atoms with E-state index in [1.54, 1.807) is 19.2 Å². The summed E-state index contributed by atoms with van der Waals surface area (Å²) >= 11 is 0. The van der Waals surface area contributed by atoms with Gasteiger partial charge in [-0.3, -0.25) is 9.59 Å². The largest absolute Gasteiger partial charge is 0.497 e. The van der Waals surface area contributed by atoms with Gasteiger partial charge in [0.1, 0.15) is 5.75 Å². The molecule has 1 saturated heterocycles. The van der Waals surface area contributed by atoms with Gasteiger partial charge in [-0.1, -0.05) is 54.6 Å². The molecule has 0 aliphatic carbocycles. The molecule has 33 heavy (non-hydrogen) atoms. The molecule has 2 amide bonds. The average Bonchev–Trinajstić information content (AvgIpc) is 2.88. The minimum atomic E-state index is -0.268. The van der Waals surface area contributed by atoms with Crippen LogP contribution in [-0.2, 0) is 4.79 Å². The number of hydrogen-bond acceptors (Lipinski definition) is 3. The van der Waals surface area contributed by atoms with Crippen LogP contribution >= 0.6 is 0 Å². The third-order valence-electron chi connectivity index (χ3n) is 5.81. The van der Waals surface area contributed by atoms with Gasteiger partial charge in [0.05, 0.1) is 18.4 Å². The van der Waals surface area contributed by atoms with E-state index in [1.807, 2.05) is 77.7 Å². The van der Waals surface area contributed by atoms with Gasteiger partial charge in [-0.15, -0.1) is 0 Å². The first-order valence-corrected chi connectivity index (χ1v) is 11.3. The maximum atomic E-state index is 13.5. The van der Waals surface area contributed by atoms with E-state index in [4.69, 9.17) is 4.74 Å². The highest BCUT2D eigenvalue weighted by molar-refractivity contribution is 6.29. The Labute approximate surface area is 194 Å². The molecular weight excluding hydrogens is 412 g/mol. The first-order chi connectivity index (χ1) is 16.2. The number of para-hydroxylation sites is 1. The lowest BCUT2D eigenvalue weighted by Crippen LogP contribution is -2.36. The number of nitrogens with zero attached hydrogens (tertiary/aromatic N) is 1. The molecule has 168 valence electrons. The van der Waals surface area contributed by atoms with Gasteiger partial charge in [0.25, 0.3) is 11.8 Å². The quantitative estimate of drug-likeness (QED) is 0.407. The lowest BCUT2D eigenvalue weighted by atomic mass is 10.0. The van der Waals surface area contributed by atoms with Gasteiger partial charge in [0.15, 0.2) is 0 Å². The number of methoxy groups -OCH3 is 1. The van der Waals surface area contributed by atoms with E-state index in [0.717, 1.165) is 49.2 Å². The van der Waals surface area contributed by atoms with Gasteiger partial charge >= 0.3 is 0 Å². The minimum Gasteiger partial charge on any atom is -0.497 e. The summed E-state index contributed by atoms with van der Waals surface area (Å²) in [5, 5.41) is 2.99.